The van der Waals surface area contributed by atoms with Crippen molar-refractivity contribution in [3.05, 3.63) is 23.8 Å². The SMILES string of the molecule is CCc1ccc(OCC(C)(C)CNCC(C)C)c(OC)c1. The van der Waals surface area contributed by atoms with Gasteiger partial charge < -0.3 is 14.8 Å². The molecule has 0 aliphatic carbocycles. The van der Waals surface area contributed by atoms with Gasteiger partial charge in [-0.15, -0.1) is 0 Å². The van der Waals surface area contributed by atoms with Crippen LogP contribution in [0, 0.1) is 11.3 Å². The Balaban J connectivity index is 2.57. The van der Waals surface area contributed by atoms with Gasteiger partial charge in [-0.2, -0.15) is 0 Å². The molecule has 0 amide bonds. The molecule has 0 aromatic heterocycles. The predicted molar refractivity (Wildman–Crippen MR) is 89.4 cm³/mol. The van der Waals surface area contributed by atoms with E-state index in [-0.39, 0.29) is 5.41 Å². The topological polar surface area (TPSA) is 30.5 Å². The molecule has 120 valence electrons. The molecule has 0 radical (unpaired) electrons. The second-order valence-electron chi connectivity index (χ2n) is 6.82. The Kier molecular flexibility index (Phi) is 7.03. The highest BCUT2D eigenvalue weighted by Gasteiger charge is 2.19. The summed E-state index contributed by atoms with van der Waals surface area (Å²) >= 11 is 0. The maximum Gasteiger partial charge on any atom is 0.161 e. The summed E-state index contributed by atoms with van der Waals surface area (Å²) in [6.07, 6.45) is 1.00. The van der Waals surface area contributed by atoms with Gasteiger partial charge in [0.25, 0.3) is 0 Å². The maximum absolute atomic E-state index is 5.98. The molecule has 1 rings (SSSR count). The van der Waals surface area contributed by atoms with Gasteiger partial charge in [-0.25, -0.2) is 0 Å². The standard InChI is InChI=1S/C18H31NO2/c1-7-15-8-9-16(17(10-15)20-6)21-13-18(4,5)12-19-11-14(2)3/h8-10,14,19H,7,11-13H2,1-6H3. The lowest BCUT2D eigenvalue weighted by Crippen LogP contribution is -2.35. The van der Waals surface area contributed by atoms with E-state index in [0.29, 0.717) is 12.5 Å². The van der Waals surface area contributed by atoms with Gasteiger partial charge in [-0.05, 0) is 36.6 Å². The van der Waals surface area contributed by atoms with Crippen LogP contribution in [0.4, 0.5) is 0 Å². The summed E-state index contributed by atoms with van der Waals surface area (Å²) in [7, 11) is 1.69. The monoisotopic (exact) mass is 293 g/mol. The van der Waals surface area contributed by atoms with Gasteiger partial charge in [0.2, 0.25) is 0 Å². The lowest BCUT2D eigenvalue weighted by molar-refractivity contribution is 0.170. The minimum atomic E-state index is 0.0866. The van der Waals surface area contributed by atoms with Crippen LogP contribution < -0.4 is 14.8 Å². The summed E-state index contributed by atoms with van der Waals surface area (Å²) in [6.45, 7) is 13.7. The molecular formula is C18H31NO2. The van der Waals surface area contributed by atoms with Gasteiger partial charge in [-0.3, -0.25) is 0 Å². The Morgan fingerprint density at radius 1 is 1.19 bits per heavy atom. The van der Waals surface area contributed by atoms with Crippen LogP contribution >= 0.6 is 0 Å². The fourth-order valence-electron chi connectivity index (χ4n) is 2.07. The fraction of sp³-hybridized carbons (Fsp3) is 0.667. The third-order valence-electron chi connectivity index (χ3n) is 3.41. The smallest absolute Gasteiger partial charge is 0.161 e. The van der Waals surface area contributed by atoms with Crippen molar-refractivity contribution in [3.63, 3.8) is 0 Å². The molecule has 0 atom stereocenters. The minimum Gasteiger partial charge on any atom is -0.493 e. The van der Waals surface area contributed by atoms with Crippen molar-refractivity contribution in [1.29, 1.82) is 0 Å². The van der Waals surface area contributed by atoms with Crippen molar-refractivity contribution in [1.82, 2.24) is 5.32 Å². The van der Waals surface area contributed by atoms with Gasteiger partial charge in [0.1, 0.15) is 0 Å². The number of hydrogen-bond donors (Lipinski definition) is 1. The molecule has 3 nitrogen and oxygen atoms in total. The summed E-state index contributed by atoms with van der Waals surface area (Å²) in [5.41, 5.74) is 1.35. The Morgan fingerprint density at radius 2 is 1.90 bits per heavy atom. The third kappa shape index (κ3) is 6.38. The lowest BCUT2D eigenvalue weighted by atomic mass is 9.94. The molecule has 0 bridgehead atoms. The van der Waals surface area contributed by atoms with E-state index < -0.39 is 0 Å². The van der Waals surface area contributed by atoms with Gasteiger partial charge in [-0.1, -0.05) is 40.7 Å². The number of rotatable bonds is 9. The van der Waals surface area contributed by atoms with Crippen LogP contribution in [0.1, 0.15) is 40.2 Å². The van der Waals surface area contributed by atoms with Crippen molar-refractivity contribution >= 4 is 0 Å². The molecule has 0 saturated carbocycles. The molecule has 0 unspecified atom stereocenters. The molecule has 0 saturated heterocycles. The normalized spacial score (nSPS) is 11.8. The average molecular weight is 293 g/mol. The van der Waals surface area contributed by atoms with Gasteiger partial charge in [0, 0.05) is 12.0 Å². The molecule has 0 fully saturated rings. The van der Waals surface area contributed by atoms with E-state index in [1.54, 1.807) is 7.11 Å². The molecule has 0 aliphatic rings. The Bertz CT molecular complexity index is 427. The van der Waals surface area contributed by atoms with E-state index in [0.717, 1.165) is 31.0 Å². The highest BCUT2D eigenvalue weighted by molar-refractivity contribution is 5.43. The van der Waals surface area contributed by atoms with Crippen molar-refractivity contribution in [3.8, 4) is 11.5 Å². The van der Waals surface area contributed by atoms with Gasteiger partial charge >= 0.3 is 0 Å². The van der Waals surface area contributed by atoms with Gasteiger partial charge in [0.05, 0.1) is 13.7 Å². The van der Waals surface area contributed by atoms with E-state index in [2.05, 4.69) is 52.1 Å². The van der Waals surface area contributed by atoms with Crippen molar-refractivity contribution in [2.45, 2.75) is 41.0 Å². The number of hydrogen-bond acceptors (Lipinski definition) is 3. The van der Waals surface area contributed by atoms with Crippen molar-refractivity contribution in [2.24, 2.45) is 11.3 Å². The number of aryl methyl sites for hydroxylation is 1. The third-order valence-corrected chi connectivity index (χ3v) is 3.41. The Morgan fingerprint density at radius 3 is 2.48 bits per heavy atom. The average Bonchev–Trinajstić information content (AvgIpc) is 2.44. The number of methoxy groups -OCH3 is 1. The first-order valence-electron chi connectivity index (χ1n) is 7.88. The first-order valence-corrected chi connectivity index (χ1v) is 7.88. The zero-order chi connectivity index (χ0) is 15.9. The largest absolute Gasteiger partial charge is 0.493 e. The summed E-state index contributed by atoms with van der Waals surface area (Å²) in [5, 5.41) is 3.50. The highest BCUT2D eigenvalue weighted by Crippen LogP contribution is 2.29. The second-order valence-corrected chi connectivity index (χ2v) is 6.82. The Hall–Kier alpha value is -1.22. The molecular weight excluding hydrogens is 262 g/mol. The molecule has 0 spiro atoms. The van der Waals surface area contributed by atoms with Crippen LogP contribution in [-0.4, -0.2) is 26.8 Å². The number of benzene rings is 1. The van der Waals surface area contributed by atoms with E-state index in [1.165, 1.54) is 5.56 Å². The molecule has 3 heteroatoms. The molecule has 1 aromatic rings. The number of nitrogens with one attached hydrogen (secondary N) is 1. The lowest BCUT2D eigenvalue weighted by Gasteiger charge is -2.26. The first kappa shape index (κ1) is 17.8. The van der Waals surface area contributed by atoms with Crippen molar-refractivity contribution < 1.29 is 9.47 Å². The zero-order valence-corrected chi connectivity index (χ0v) is 14.5. The van der Waals surface area contributed by atoms with E-state index in [9.17, 15) is 0 Å². The maximum atomic E-state index is 5.98. The van der Waals surface area contributed by atoms with Crippen LogP contribution in [0.3, 0.4) is 0 Å². The van der Waals surface area contributed by atoms with E-state index in [1.807, 2.05) is 6.07 Å². The Labute approximate surface area is 130 Å². The summed E-state index contributed by atoms with van der Waals surface area (Å²) in [4.78, 5) is 0. The van der Waals surface area contributed by atoms with Crippen LogP contribution in [-0.2, 0) is 6.42 Å². The molecule has 1 aromatic carbocycles. The first-order chi connectivity index (χ1) is 9.88. The summed E-state index contributed by atoms with van der Waals surface area (Å²) in [6, 6.07) is 6.16. The highest BCUT2D eigenvalue weighted by atomic mass is 16.5. The molecule has 21 heavy (non-hydrogen) atoms. The van der Waals surface area contributed by atoms with Crippen molar-refractivity contribution in [2.75, 3.05) is 26.8 Å². The summed E-state index contributed by atoms with van der Waals surface area (Å²) in [5.74, 6) is 2.32. The number of ether oxygens (including phenoxy) is 2. The van der Waals surface area contributed by atoms with Crippen LogP contribution in [0.15, 0.2) is 18.2 Å². The van der Waals surface area contributed by atoms with E-state index >= 15 is 0 Å². The summed E-state index contributed by atoms with van der Waals surface area (Å²) < 4.78 is 11.4. The van der Waals surface area contributed by atoms with Crippen LogP contribution in [0.25, 0.3) is 0 Å². The molecule has 0 heterocycles. The quantitative estimate of drug-likeness (QED) is 0.749. The zero-order valence-electron chi connectivity index (χ0n) is 14.5. The van der Waals surface area contributed by atoms with Crippen LogP contribution in [0.5, 0.6) is 11.5 Å². The van der Waals surface area contributed by atoms with E-state index in [4.69, 9.17) is 9.47 Å². The molecule has 1 N–H and O–H groups in total. The molecule has 0 aliphatic heterocycles. The van der Waals surface area contributed by atoms with Crippen LogP contribution in [0.2, 0.25) is 0 Å². The fourth-order valence-corrected chi connectivity index (χ4v) is 2.07. The predicted octanol–water partition coefficient (Wildman–Crippen LogP) is 3.91. The second kappa shape index (κ2) is 8.28. The minimum absolute atomic E-state index is 0.0866. The van der Waals surface area contributed by atoms with Gasteiger partial charge in [0.15, 0.2) is 11.5 Å².